The minimum absolute atomic E-state index is 0. The van der Waals surface area contributed by atoms with Crippen molar-refractivity contribution >= 4 is 0 Å². The Morgan fingerprint density at radius 2 is 1.57 bits per heavy atom. The van der Waals surface area contributed by atoms with Gasteiger partial charge in [-0.05, 0) is 11.8 Å². The molecule has 14 heavy (non-hydrogen) atoms. The first-order valence-electron chi connectivity index (χ1n) is 5.93. The summed E-state index contributed by atoms with van der Waals surface area (Å²) in [4.78, 5) is 0. The molecule has 0 aromatic carbocycles. The average molecular weight is 267 g/mol. The Labute approximate surface area is 114 Å². The number of hydrogen-bond donors (Lipinski definition) is 0. The Hall–Kier alpha value is 1.10. The van der Waals surface area contributed by atoms with Gasteiger partial charge in [0.1, 0.15) is 0 Å². The van der Waals surface area contributed by atoms with Crippen LogP contribution in [0.2, 0.25) is 0 Å². The molecule has 0 aliphatic heterocycles. The Bertz CT molecular complexity index is 167. The van der Waals surface area contributed by atoms with E-state index in [0.717, 1.165) is 24.2 Å². The molecule has 2 fully saturated rings. The third-order valence-electron chi connectivity index (χ3n) is 4.31. The van der Waals surface area contributed by atoms with Gasteiger partial charge in [0.15, 0.2) is 0 Å². The summed E-state index contributed by atoms with van der Waals surface area (Å²) in [6.45, 7) is 8.36. The van der Waals surface area contributed by atoms with Crippen LogP contribution in [-0.4, -0.2) is 0 Å². The molecule has 2 aliphatic rings. The van der Waals surface area contributed by atoms with Crippen molar-refractivity contribution in [1.29, 1.82) is 0 Å². The van der Waals surface area contributed by atoms with Gasteiger partial charge in [-0.3, -0.25) is 0 Å². The Kier molecular flexibility index (Phi) is 5.64. The first kappa shape index (κ1) is 13.2. The van der Waals surface area contributed by atoms with Gasteiger partial charge in [-0.15, -0.1) is 0 Å². The molecule has 0 saturated heterocycles. The van der Waals surface area contributed by atoms with Crippen LogP contribution in [0, 0.1) is 37.5 Å². The predicted molar refractivity (Wildman–Crippen MR) is 57.0 cm³/mol. The Balaban J connectivity index is 0.000000980. The van der Waals surface area contributed by atoms with Gasteiger partial charge in [-0.25, -0.2) is 0 Å². The summed E-state index contributed by atoms with van der Waals surface area (Å²) in [5.41, 5.74) is 0. The van der Waals surface area contributed by atoms with Crippen molar-refractivity contribution in [3.05, 3.63) is 13.8 Å². The van der Waals surface area contributed by atoms with Crippen LogP contribution in [0.15, 0.2) is 0 Å². The maximum atomic E-state index is 4.30. The van der Waals surface area contributed by atoms with Crippen molar-refractivity contribution in [3.63, 3.8) is 0 Å². The average Bonchev–Trinajstić information content (AvgIpc) is 2.17. The van der Waals surface area contributed by atoms with Gasteiger partial charge >= 0.3 is 0 Å². The van der Waals surface area contributed by atoms with E-state index in [1.807, 2.05) is 0 Å². The predicted octanol–water partition coefficient (Wildman–Crippen LogP) is 3.87. The smallest absolute Gasteiger partial charge is 0 e. The van der Waals surface area contributed by atoms with Crippen molar-refractivity contribution in [2.75, 3.05) is 0 Å². The van der Waals surface area contributed by atoms with Crippen molar-refractivity contribution < 1.29 is 32.7 Å². The molecule has 0 spiro atoms. The van der Waals surface area contributed by atoms with Crippen LogP contribution in [0.1, 0.15) is 44.9 Å². The summed E-state index contributed by atoms with van der Waals surface area (Å²) < 4.78 is 0. The molecule has 2 aliphatic carbocycles. The molecular formula is C13H22Y-2. The zero-order chi connectivity index (χ0) is 9.26. The summed E-state index contributed by atoms with van der Waals surface area (Å²) >= 11 is 0. The fourth-order valence-corrected chi connectivity index (χ4v) is 3.42. The normalized spacial score (nSPS) is 42.4. The maximum absolute atomic E-state index is 4.30. The second kappa shape index (κ2) is 5.99. The standard InChI is InChI=1S/C13H22.Y/c1-3-11-9-13-7-5-4-6-12(13)8-10(11)2;/h10-13H,1-9H2;/q-2;. The number of rotatable bonds is 1. The third kappa shape index (κ3) is 2.82. The molecule has 4 atom stereocenters. The van der Waals surface area contributed by atoms with Crippen LogP contribution in [-0.2, 0) is 32.7 Å². The third-order valence-corrected chi connectivity index (χ3v) is 4.31. The Morgan fingerprint density at radius 1 is 1.00 bits per heavy atom. The molecule has 2 saturated carbocycles. The fraction of sp³-hybridized carbons (Fsp3) is 0.846. The zero-order valence-electron chi connectivity index (χ0n) is 9.25. The van der Waals surface area contributed by atoms with Crippen molar-refractivity contribution in [3.8, 4) is 0 Å². The van der Waals surface area contributed by atoms with Crippen LogP contribution < -0.4 is 0 Å². The summed E-state index contributed by atoms with van der Waals surface area (Å²) in [6.07, 6.45) is 9.87. The molecule has 1 radical (unpaired) electrons. The topological polar surface area (TPSA) is 0 Å². The molecule has 0 aromatic heterocycles. The molecular weight excluding hydrogens is 245 g/mol. The van der Waals surface area contributed by atoms with Gasteiger partial charge in [-0.1, -0.05) is 44.4 Å². The first-order valence-corrected chi connectivity index (χ1v) is 5.93. The molecule has 0 bridgehead atoms. The summed E-state index contributed by atoms with van der Waals surface area (Å²) in [6, 6.07) is 0. The van der Waals surface area contributed by atoms with Crippen LogP contribution in [0.3, 0.4) is 0 Å². The van der Waals surface area contributed by atoms with Crippen LogP contribution in [0.25, 0.3) is 0 Å². The van der Waals surface area contributed by atoms with E-state index in [0.29, 0.717) is 5.92 Å². The monoisotopic (exact) mass is 267 g/mol. The van der Waals surface area contributed by atoms with E-state index < -0.39 is 0 Å². The van der Waals surface area contributed by atoms with E-state index in [2.05, 4.69) is 13.8 Å². The Morgan fingerprint density at radius 3 is 2.14 bits per heavy atom. The van der Waals surface area contributed by atoms with E-state index in [1.54, 1.807) is 0 Å². The molecule has 79 valence electrons. The second-order valence-electron chi connectivity index (χ2n) is 5.08. The molecule has 0 amide bonds. The molecule has 2 rings (SSSR count). The number of hydrogen-bond acceptors (Lipinski definition) is 0. The van der Waals surface area contributed by atoms with Crippen LogP contribution in [0.4, 0.5) is 0 Å². The largest absolute Gasteiger partial charge is 0.343 e. The summed E-state index contributed by atoms with van der Waals surface area (Å²) in [5.74, 6) is 3.61. The summed E-state index contributed by atoms with van der Waals surface area (Å²) in [5, 5.41) is 0. The van der Waals surface area contributed by atoms with Gasteiger partial charge in [0.25, 0.3) is 0 Å². The van der Waals surface area contributed by atoms with E-state index in [-0.39, 0.29) is 32.7 Å². The van der Waals surface area contributed by atoms with Gasteiger partial charge in [-0.2, -0.15) is 12.3 Å². The van der Waals surface area contributed by atoms with Crippen molar-refractivity contribution in [1.82, 2.24) is 0 Å². The fourth-order valence-electron chi connectivity index (χ4n) is 3.42. The molecule has 0 heterocycles. The van der Waals surface area contributed by atoms with Gasteiger partial charge in [0.2, 0.25) is 0 Å². The summed E-state index contributed by atoms with van der Waals surface area (Å²) in [7, 11) is 0. The van der Waals surface area contributed by atoms with E-state index in [1.165, 1.54) is 38.5 Å². The van der Waals surface area contributed by atoms with E-state index >= 15 is 0 Å². The second-order valence-corrected chi connectivity index (χ2v) is 5.08. The van der Waals surface area contributed by atoms with Gasteiger partial charge < -0.3 is 13.8 Å². The number of fused-ring (bicyclic) bond motifs is 1. The SMILES string of the molecule is [CH2-]CC1CC2CCCCC2CC1[CH2-].[Y]. The van der Waals surface area contributed by atoms with Gasteiger partial charge in [0.05, 0.1) is 0 Å². The maximum Gasteiger partial charge on any atom is 0 e. The zero-order valence-corrected chi connectivity index (χ0v) is 12.1. The van der Waals surface area contributed by atoms with E-state index in [9.17, 15) is 0 Å². The van der Waals surface area contributed by atoms with Crippen LogP contribution in [0.5, 0.6) is 0 Å². The minimum atomic E-state index is 0. The molecule has 0 nitrogen and oxygen atoms in total. The first-order chi connectivity index (χ1) is 6.31. The minimum Gasteiger partial charge on any atom is -0.343 e. The molecule has 0 N–H and O–H groups in total. The van der Waals surface area contributed by atoms with Crippen molar-refractivity contribution in [2.45, 2.75) is 44.9 Å². The van der Waals surface area contributed by atoms with E-state index in [4.69, 9.17) is 0 Å². The molecule has 0 aromatic rings. The van der Waals surface area contributed by atoms with Crippen molar-refractivity contribution in [2.24, 2.45) is 23.7 Å². The van der Waals surface area contributed by atoms with Crippen LogP contribution >= 0.6 is 0 Å². The quantitative estimate of drug-likeness (QED) is 0.632. The van der Waals surface area contributed by atoms with Gasteiger partial charge in [0, 0.05) is 32.7 Å². The molecule has 4 unspecified atom stereocenters. The molecule has 1 heteroatoms.